The Balaban J connectivity index is 1.52. The number of benzene rings is 1. The number of nitrogens with two attached hydrogens (primary N) is 1. The van der Waals surface area contributed by atoms with Gasteiger partial charge in [-0.05, 0) is 54.4 Å². The lowest BCUT2D eigenvalue weighted by Crippen LogP contribution is -2.28. The van der Waals surface area contributed by atoms with Gasteiger partial charge in [0.15, 0.2) is 0 Å². The average Bonchev–Trinajstić information content (AvgIpc) is 3.24. The van der Waals surface area contributed by atoms with E-state index in [-0.39, 0.29) is 24.0 Å². The molecule has 6 nitrogen and oxygen atoms in total. The van der Waals surface area contributed by atoms with E-state index in [4.69, 9.17) is 5.73 Å². The number of anilines is 1. The zero-order chi connectivity index (χ0) is 20.4. The van der Waals surface area contributed by atoms with Crippen LogP contribution >= 0.6 is 0 Å². The molecular weight excluding hydrogens is 371 g/mol. The monoisotopic (exact) mass is 392 g/mol. The largest absolute Gasteiger partial charge is 0.392 e. The fourth-order valence-electron chi connectivity index (χ4n) is 3.65. The standard InChI is InChI=1S/C22H21FN4O2/c23-19-3-1-15(9-18(19)13-28)20-10-14(5-7-25-20)17-6-8-27(12-17)22(29)16-2-4-21(24)26-11-16/h1-5,7,9-11,17,28H,6,8,12-13H2,(H2,24,26)/t17-/m0/s1. The lowest BCUT2D eigenvalue weighted by Gasteiger charge is -2.17. The number of amides is 1. The van der Waals surface area contributed by atoms with Crippen LogP contribution in [-0.2, 0) is 6.61 Å². The molecule has 148 valence electrons. The highest BCUT2D eigenvalue weighted by molar-refractivity contribution is 5.94. The van der Waals surface area contributed by atoms with Gasteiger partial charge in [-0.2, -0.15) is 0 Å². The molecule has 0 unspecified atom stereocenters. The summed E-state index contributed by atoms with van der Waals surface area (Å²) >= 11 is 0. The van der Waals surface area contributed by atoms with Gasteiger partial charge in [-0.1, -0.05) is 0 Å². The van der Waals surface area contributed by atoms with Gasteiger partial charge >= 0.3 is 0 Å². The van der Waals surface area contributed by atoms with Crippen LogP contribution in [0.1, 0.15) is 33.8 Å². The molecule has 3 aromatic rings. The number of aliphatic hydroxyl groups excluding tert-OH is 1. The number of carbonyl (C=O) groups is 1. The number of carbonyl (C=O) groups excluding carboxylic acids is 1. The van der Waals surface area contributed by atoms with Crippen molar-refractivity contribution in [3.05, 3.63) is 77.4 Å². The van der Waals surface area contributed by atoms with E-state index in [1.165, 1.54) is 12.3 Å². The predicted octanol–water partition coefficient (Wildman–Crippen LogP) is 2.99. The van der Waals surface area contributed by atoms with Gasteiger partial charge in [-0.15, -0.1) is 0 Å². The molecule has 0 aliphatic carbocycles. The molecule has 0 radical (unpaired) electrons. The third kappa shape index (κ3) is 3.95. The van der Waals surface area contributed by atoms with Crippen LogP contribution in [0.4, 0.5) is 10.2 Å². The SMILES string of the molecule is Nc1ccc(C(=O)N2CC[C@H](c3ccnc(-c4ccc(F)c(CO)c4)c3)C2)cn1. The molecule has 2 aromatic heterocycles. The van der Waals surface area contributed by atoms with Crippen molar-refractivity contribution >= 4 is 11.7 Å². The third-order valence-electron chi connectivity index (χ3n) is 5.28. The molecule has 1 aliphatic heterocycles. The molecule has 3 heterocycles. The molecule has 0 saturated carbocycles. The van der Waals surface area contributed by atoms with Crippen molar-refractivity contribution in [3.63, 3.8) is 0 Å². The van der Waals surface area contributed by atoms with Crippen LogP contribution in [0.5, 0.6) is 0 Å². The fraction of sp³-hybridized carbons (Fsp3) is 0.227. The Bertz CT molecular complexity index is 1040. The summed E-state index contributed by atoms with van der Waals surface area (Å²) in [4.78, 5) is 22.9. The molecule has 3 N–H and O–H groups in total. The predicted molar refractivity (Wildman–Crippen MR) is 107 cm³/mol. The zero-order valence-electron chi connectivity index (χ0n) is 15.8. The number of rotatable bonds is 4. The van der Waals surface area contributed by atoms with Crippen molar-refractivity contribution in [1.29, 1.82) is 0 Å². The molecule has 1 saturated heterocycles. The molecule has 4 rings (SSSR count). The quantitative estimate of drug-likeness (QED) is 0.712. The number of pyridine rings is 2. The van der Waals surface area contributed by atoms with Crippen molar-refractivity contribution in [2.75, 3.05) is 18.8 Å². The number of aliphatic hydroxyl groups is 1. The fourth-order valence-corrected chi connectivity index (χ4v) is 3.65. The third-order valence-corrected chi connectivity index (χ3v) is 5.28. The summed E-state index contributed by atoms with van der Waals surface area (Å²) in [5, 5.41) is 9.30. The number of nitrogens with zero attached hydrogens (tertiary/aromatic N) is 3. The van der Waals surface area contributed by atoms with Crippen molar-refractivity contribution in [2.24, 2.45) is 0 Å². The van der Waals surface area contributed by atoms with Gasteiger partial charge in [0.2, 0.25) is 0 Å². The van der Waals surface area contributed by atoms with Crippen molar-refractivity contribution < 1.29 is 14.3 Å². The number of aromatic nitrogens is 2. The van der Waals surface area contributed by atoms with Crippen LogP contribution in [0.25, 0.3) is 11.3 Å². The molecule has 7 heteroatoms. The van der Waals surface area contributed by atoms with Crippen LogP contribution in [0.3, 0.4) is 0 Å². The lowest BCUT2D eigenvalue weighted by atomic mass is 9.97. The molecule has 0 spiro atoms. The Labute approximate surface area is 167 Å². The van der Waals surface area contributed by atoms with E-state index >= 15 is 0 Å². The lowest BCUT2D eigenvalue weighted by molar-refractivity contribution is 0.0790. The smallest absolute Gasteiger partial charge is 0.255 e. The van der Waals surface area contributed by atoms with Gasteiger partial charge in [0.05, 0.1) is 17.9 Å². The van der Waals surface area contributed by atoms with Crippen LogP contribution in [0.15, 0.2) is 54.9 Å². The first-order valence-corrected chi connectivity index (χ1v) is 9.41. The Morgan fingerprint density at radius 2 is 2.07 bits per heavy atom. The van der Waals surface area contributed by atoms with Crippen molar-refractivity contribution in [2.45, 2.75) is 18.9 Å². The second-order valence-corrected chi connectivity index (χ2v) is 7.15. The normalized spacial score (nSPS) is 16.2. The highest BCUT2D eigenvalue weighted by Gasteiger charge is 2.28. The summed E-state index contributed by atoms with van der Waals surface area (Å²) in [6.45, 7) is 0.910. The molecule has 1 atom stereocenters. The highest BCUT2D eigenvalue weighted by Crippen LogP contribution is 2.30. The molecule has 1 aliphatic rings. The summed E-state index contributed by atoms with van der Waals surface area (Å²) in [7, 11) is 0. The van der Waals surface area contributed by atoms with Gasteiger partial charge in [-0.25, -0.2) is 9.37 Å². The van der Waals surface area contributed by atoms with Gasteiger partial charge < -0.3 is 15.7 Å². The number of hydrogen-bond acceptors (Lipinski definition) is 5. The second kappa shape index (κ2) is 7.97. The number of likely N-dealkylation sites (tertiary alicyclic amines) is 1. The number of hydrogen-bond donors (Lipinski definition) is 2. The van der Waals surface area contributed by atoms with E-state index in [0.29, 0.717) is 30.2 Å². The summed E-state index contributed by atoms with van der Waals surface area (Å²) in [6.07, 6.45) is 4.08. The topological polar surface area (TPSA) is 92.3 Å². The Morgan fingerprint density at radius 1 is 1.21 bits per heavy atom. The van der Waals surface area contributed by atoms with E-state index in [1.807, 2.05) is 17.0 Å². The van der Waals surface area contributed by atoms with Gasteiger partial charge in [0.1, 0.15) is 11.6 Å². The Hall–Kier alpha value is -3.32. The molecule has 1 fully saturated rings. The average molecular weight is 392 g/mol. The first-order valence-electron chi connectivity index (χ1n) is 9.41. The highest BCUT2D eigenvalue weighted by atomic mass is 19.1. The van der Waals surface area contributed by atoms with Crippen molar-refractivity contribution in [3.8, 4) is 11.3 Å². The molecule has 1 aromatic carbocycles. The van der Waals surface area contributed by atoms with Crippen molar-refractivity contribution in [1.82, 2.24) is 14.9 Å². The Kier molecular flexibility index (Phi) is 5.22. The van der Waals surface area contributed by atoms with Gasteiger partial charge in [0, 0.05) is 42.5 Å². The molecule has 1 amide bonds. The maximum atomic E-state index is 13.7. The summed E-state index contributed by atoms with van der Waals surface area (Å²) < 4.78 is 13.7. The van der Waals surface area contributed by atoms with Crippen LogP contribution in [-0.4, -0.2) is 39.0 Å². The summed E-state index contributed by atoms with van der Waals surface area (Å²) in [5.41, 5.74) is 8.89. The first kappa shape index (κ1) is 19.0. The molecular formula is C22H21FN4O2. The number of nitrogen functional groups attached to an aromatic ring is 1. The minimum atomic E-state index is -0.436. The molecule has 29 heavy (non-hydrogen) atoms. The number of halogens is 1. The maximum Gasteiger partial charge on any atom is 0.255 e. The van der Waals surface area contributed by atoms with Gasteiger partial charge in [-0.3, -0.25) is 9.78 Å². The minimum Gasteiger partial charge on any atom is -0.392 e. The first-order chi connectivity index (χ1) is 14.0. The van der Waals surface area contributed by atoms with E-state index in [9.17, 15) is 14.3 Å². The van der Waals surface area contributed by atoms with E-state index in [1.54, 1.807) is 30.5 Å². The second-order valence-electron chi connectivity index (χ2n) is 7.15. The van der Waals surface area contributed by atoms with E-state index in [0.717, 1.165) is 17.5 Å². The van der Waals surface area contributed by atoms with E-state index in [2.05, 4.69) is 9.97 Å². The van der Waals surface area contributed by atoms with Crippen LogP contribution in [0.2, 0.25) is 0 Å². The van der Waals surface area contributed by atoms with Crippen LogP contribution < -0.4 is 5.73 Å². The minimum absolute atomic E-state index is 0.0552. The summed E-state index contributed by atoms with van der Waals surface area (Å²) in [6, 6.07) is 11.8. The Morgan fingerprint density at radius 3 is 2.83 bits per heavy atom. The maximum absolute atomic E-state index is 13.7. The van der Waals surface area contributed by atoms with Crippen LogP contribution in [0, 0.1) is 5.82 Å². The van der Waals surface area contributed by atoms with Gasteiger partial charge in [0.25, 0.3) is 5.91 Å². The van der Waals surface area contributed by atoms with E-state index < -0.39 is 5.82 Å². The molecule has 0 bridgehead atoms. The summed E-state index contributed by atoms with van der Waals surface area (Å²) in [5.74, 6) is 0.0884. The zero-order valence-corrected chi connectivity index (χ0v) is 15.8.